The summed E-state index contributed by atoms with van der Waals surface area (Å²) in [4.78, 5) is 11.6. The molecule has 1 fully saturated rings. The quantitative estimate of drug-likeness (QED) is 0.249. The van der Waals surface area contributed by atoms with Crippen molar-refractivity contribution in [3.8, 4) is 0 Å². The third-order valence-corrected chi connectivity index (χ3v) is 11.2. The van der Waals surface area contributed by atoms with E-state index in [0.29, 0.717) is 5.39 Å². The van der Waals surface area contributed by atoms with Crippen molar-refractivity contribution in [2.45, 2.75) is 47.6 Å². The summed E-state index contributed by atoms with van der Waals surface area (Å²) < 4.78 is 161. The highest BCUT2D eigenvalue weighted by molar-refractivity contribution is 8.33. The third kappa shape index (κ3) is 4.99. The van der Waals surface area contributed by atoms with Crippen molar-refractivity contribution in [3.63, 3.8) is 0 Å². The first-order valence-corrected chi connectivity index (χ1v) is 13.9. The van der Waals surface area contributed by atoms with Gasteiger partial charge < -0.3 is 9.47 Å². The first-order chi connectivity index (χ1) is 17.3. The highest BCUT2D eigenvalue weighted by Gasteiger charge is 2.86. The molecule has 1 aliphatic rings. The van der Waals surface area contributed by atoms with E-state index in [0.717, 1.165) is 0 Å². The van der Waals surface area contributed by atoms with Gasteiger partial charge in [-0.1, -0.05) is 46.7 Å². The van der Waals surface area contributed by atoms with Crippen molar-refractivity contribution in [2.24, 2.45) is 0 Å². The summed E-state index contributed by atoms with van der Waals surface area (Å²) in [5, 5.41) is -6.41. The van der Waals surface area contributed by atoms with Crippen LogP contribution in [-0.4, -0.2) is 62.1 Å². The summed E-state index contributed by atoms with van der Waals surface area (Å²) in [5.74, 6) is -16.1. The van der Waals surface area contributed by atoms with E-state index in [1.807, 2.05) is 0 Å². The second-order valence-corrected chi connectivity index (χ2v) is 12.8. The zero-order chi connectivity index (χ0) is 28.8. The van der Waals surface area contributed by atoms with Crippen LogP contribution in [0.15, 0.2) is 47.4 Å². The van der Waals surface area contributed by atoms with Gasteiger partial charge in [0.1, 0.15) is 6.10 Å². The molecule has 1 saturated heterocycles. The molecule has 0 bridgehead atoms. The third-order valence-electron chi connectivity index (χ3n) is 5.55. The summed E-state index contributed by atoms with van der Waals surface area (Å²) in [6.45, 7) is 1.29. The molecule has 1 aliphatic heterocycles. The number of hydrogen-bond donors (Lipinski definition) is 0. The fourth-order valence-corrected chi connectivity index (χ4v) is 9.62. The van der Waals surface area contributed by atoms with Crippen LogP contribution < -0.4 is 0 Å². The van der Waals surface area contributed by atoms with E-state index in [1.165, 1.54) is 43.3 Å². The van der Waals surface area contributed by atoms with Gasteiger partial charge in [-0.05, 0) is 30.2 Å². The van der Waals surface area contributed by atoms with E-state index < -0.39 is 67.5 Å². The minimum absolute atomic E-state index is 0.115. The Morgan fingerprint density at radius 3 is 2.16 bits per heavy atom. The number of fused-ring (bicyclic) bond motifs is 1. The maximum Gasteiger partial charge on any atom is 0.508 e. The number of benzene rings is 2. The molecule has 0 aliphatic carbocycles. The number of hydrogen-bond acceptors (Lipinski definition) is 6. The molecule has 38 heavy (non-hydrogen) atoms. The Balaban J connectivity index is 2.13. The Labute approximate surface area is 211 Å². The van der Waals surface area contributed by atoms with Crippen LogP contribution in [-0.2, 0) is 23.2 Å². The lowest BCUT2D eigenvalue weighted by Crippen LogP contribution is -2.63. The van der Waals surface area contributed by atoms with Gasteiger partial charge in [-0.2, -0.15) is 47.9 Å². The van der Waals surface area contributed by atoms with Crippen LogP contribution in [0.1, 0.15) is 13.3 Å². The number of carbonyl (C=O) groups excluding carboxylic acids is 1. The lowest BCUT2D eigenvalue weighted by molar-refractivity contribution is -0.382. The molecule has 17 heteroatoms. The van der Waals surface area contributed by atoms with E-state index in [2.05, 4.69) is 8.37 Å². The van der Waals surface area contributed by atoms with Crippen LogP contribution >= 0.6 is 10.3 Å². The summed E-state index contributed by atoms with van der Waals surface area (Å²) in [5.41, 5.74) is 0. The number of rotatable bonds is 8. The van der Waals surface area contributed by atoms with Gasteiger partial charge in [0.05, 0.1) is 6.61 Å². The summed E-state index contributed by atoms with van der Waals surface area (Å²) in [6, 6.07) is 10.0. The Morgan fingerprint density at radius 2 is 1.55 bits per heavy atom. The van der Waals surface area contributed by atoms with Crippen molar-refractivity contribution in [2.75, 3.05) is 18.1 Å². The predicted octanol–water partition coefficient (Wildman–Crippen LogP) is 6.64. The van der Waals surface area contributed by atoms with Crippen LogP contribution in [0.3, 0.4) is 0 Å². The van der Waals surface area contributed by atoms with Crippen molar-refractivity contribution in [1.82, 2.24) is 0 Å². The lowest BCUT2D eigenvalue weighted by atomic mass is 10.1. The van der Waals surface area contributed by atoms with Gasteiger partial charge in [0, 0.05) is 16.4 Å². The maximum atomic E-state index is 14.5. The molecule has 0 spiro atoms. The van der Waals surface area contributed by atoms with Gasteiger partial charge in [-0.3, -0.25) is 0 Å². The van der Waals surface area contributed by atoms with Crippen LogP contribution in [0.25, 0.3) is 10.8 Å². The molecule has 2 aromatic carbocycles. The molecule has 1 heterocycles. The average Bonchev–Trinajstić information content (AvgIpc) is 3.20. The average molecular weight is 602 g/mol. The molecule has 3 rings (SSSR count). The van der Waals surface area contributed by atoms with E-state index >= 15 is 0 Å². The molecule has 0 amide bonds. The Morgan fingerprint density at radius 1 is 0.947 bits per heavy atom. The van der Waals surface area contributed by atoms with Crippen LogP contribution in [0.5, 0.6) is 0 Å². The Hall–Kier alpha value is -2.40. The topological polar surface area (TPSA) is 78.9 Å². The van der Waals surface area contributed by atoms with Crippen LogP contribution in [0, 0.1) is 0 Å². The van der Waals surface area contributed by atoms with Gasteiger partial charge in [-0.15, -0.1) is 0 Å². The molecule has 0 aromatic heterocycles. The minimum Gasteiger partial charge on any atom is -0.435 e. The molecule has 6 nitrogen and oxygen atoms in total. The molecule has 0 saturated carbocycles. The van der Waals surface area contributed by atoms with Crippen LogP contribution in [0.2, 0.25) is 0 Å². The fourth-order valence-electron chi connectivity index (χ4n) is 3.72. The van der Waals surface area contributed by atoms with E-state index in [1.54, 1.807) is 6.07 Å². The largest absolute Gasteiger partial charge is 0.508 e. The van der Waals surface area contributed by atoms with E-state index in [9.17, 15) is 52.7 Å². The minimum atomic E-state index is -7.45. The summed E-state index contributed by atoms with van der Waals surface area (Å²) >= 11 is 0. The Bertz CT molecular complexity index is 1290. The first-order valence-electron chi connectivity index (χ1n) is 10.6. The lowest BCUT2D eigenvalue weighted by Gasteiger charge is -2.38. The number of carbonyl (C=O) groups is 1. The zero-order valence-electron chi connectivity index (χ0n) is 19.1. The first kappa shape index (κ1) is 30.1. The van der Waals surface area contributed by atoms with Gasteiger partial charge in [0.25, 0.3) is 0 Å². The van der Waals surface area contributed by atoms with E-state index in [4.69, 9.17) is 4.74 Å². The molecule has 2 aromatic rings. The van der Waals surface area contributed by atoms with Crippen molar-refractivity contribution in [3.05, 3.63) is 42.5 Å². The highest BCUT2D eigenvalue weighted by atomic mass is 32.3. The molecule has 214 valence electrons. The predicted molar refractivity (Wildman–Crippen MR) is 117 cm³/mol. The summed E-state index contributed by atoms with van der Waals surface area (Å²) in [7, 11) is -10.9. The maximum absolute atomic E-state index is 14.5. The van der Waals surface area contributed by atoms with Crippen LogP contribution in [0.4, 0.5) is 44.3 Å². The molecule has 2 atom stereocenters. The van der Waals surface area contributed by atoms with Crippen molar-refractivity contribution in [1.29, 1.82) is 0 Å². The number of alkyl halides is 9. The Kier molecular flexibility index (Phi) is 7.91. The SMILES string of the molecule is CCOC(=O)OC1CCS(OS(=O)(=O)C(F)(F)C(F)(F)C(F)(F)C(F)(F)F)(c2cccc3ccccc23)C1. The van der Waals surface area contributed by atoms with Gasteiger partial charge in [0.2, 0.25) is 0 Å². The molecular weight excluding hydrogens is 583 g/mol. The highest BCUT2D eigenvalue weighted by Crippen LogP contribution is 2.66. The molecule has 0 radical (unpaired) electrons. The standard InChI is InChI=1S/C21H19F9O6S2/c1-2-34-17(31)35-14-10-11-37(12-14,16-9-5-7-13-6-3-4-8-15(13)16)36-38(32,33)21(29,30)19(24,25)18(22,23)20(26,27)28/h3-9,14H,2,10-12H2,1H3. The molecule has 0 N–H and O–H groups in total. The fraction of sp³-hybridized carbons (Fsp3) is 0.476. The molecule has 2 unspecified atom stereocenters. The second-order valence-electron chi connectivity index (χ2n) is 8.06. The molecular formula is C21H19F9O6S2. The second kappa shape index (κ2) is 9.97. The smallest absolute Gasteiger partial charge is 0.435 e. The van der Waals surface area contributed by atoms with Gasteiger partial charge >= 0.3 is 39.5 Å². The number of halogens is 9. The van der Waals surface area contributed by atoms with E-state index in [-0.39, 0.29) is 23.3 Å². The van der Waals surface area contributed by atoms with Crippen molar-refractivity contribution < 1.29 is 65.8 Å². The zero-order valence-corrected chi connectivity index (χ0v) is 20.7. The summed E-state index contributed by atoms with van der Waals surface area (Å²) in [6.07, 6.45) is -9.95. The van der Waals surface area contributed by atoms with Gasteiger partial charge in [-0.25, -0.2) is 8.42 Å². The van der Waals surface area contributed by atoms with Crippen molar-refractivity contribution >= 4 is 37.4 Å². The monoisotopic (exact) mass is 602 g/mol. The van der Waals surface area contributed by atoms with Gasteiger partial charge in [0.15, 0.2) is 0 Å². The normalized spacial score (nSPS) is 23.2. The number of ether oxygens (including phenoxy) is 2.